The molecule has 0 saturated heterocycles. The van der Waals surface area contributed by atoms with Gasteiger partial charge >= 0.3 is 0 Å². The van der Waals surface area contributed by atoms with Gasteiger partial charge in [-0.25, -0.2) is 0 Å². The van der Waals surface area contributed by atoms with Crippen LogP contribution in [0, 0.1) is 13.2 Å². The van der Waals surface area contributed by atoms with Crippen molar-refractivity contribution in [3.8, 4) is 0 Å². The summed E-state index contributed by atoms with van der Waals surface area (Å²) in [5.41, 5.74) is 0. The predicted octanol–water partition coefficient (Wildman–Crippen LogP) is 2.37. The van der Waals surface area contributed by atoms with Crippen molar-refractivity contribution in [3.63, 3.8) is 0 Å². The largest absolute Gasteiger partial charge is 0.354 e. The monoisotopic (exact) mass is 193 g/mol. The van der Waals surface area contributed by atoms with E-state index in [1.807, 2.05) is 0 Å². The van der Waals surface area contributed by atoms with Crippen molar-refractivity contribution in [2.24, 2.45) is 0 Å². The number of hydrogen-bond acceptors (Lipinski definition) is 1. The summed E-state index contributed by atoms with van der Waals surface area (Å²) in [4.78, 5) is 0. The molecule has 0 aliphatic carbocycles. The van der Waals surface area contributed by atoms with Crippen LogP contribution in [0.4, 0.5) is 0 Å². The molecule has 0 aliphatic heterocycles. The average molecular weight is 193 g/mol. The second-order valence-corrected chi connectivity index (χ2v) is 1.48. The first kappa shape index (κ1) is 15.8. The van der Waals surface area contributed by atoms with Crippen LogP contribution in [0.5, 0.6) is 0 Å². The van der Waals surface area contributed by atoms with Crippen molar-refractivity contribution in [1.29, 1.82) is 0 Å². The summed E-state index contributed by atoms with van der Waals surface area (Å²) in [6, 6.07) is 0. The maximum atomic E-state index is 3.52. The Labute approximate surface area is 76.7 Å². The van der Waals surface area contributed by atoms with Crippen LogP contribution in [0.3, 0.4) is 0 Å². The molecular weight excluding hydrogens is 181 g/mol. The van der Waals surface area contributed by atoms with Crippen LogP contribution in [-0.4, -0.2) is 5.75 Å². The van der Waals surface area contributed by atoms with E-state index in [0.29, 0.717) is 0 Å². The fraction of sp³-hybridized carbons (Fsp3) is 0.600. The Morgan fingerprint density at radius 2 is 1.57 bits per heavy atom. The molecule has 0 unspecified atom stereocenters. The van der Waals surface area contributed by atoms with Crippen molar-refractivity contribution < 1.29 is 32.7 Å². The third kappa shape index (κ3) is 36.8. The molecule has 0 aromatic heterocycles. The fourth-order valence-corrected chi connectivity index (χ4v) is 0. The Morgan fingerprint density at radius 1 is 1.43 bits per heavy atom. The minimum atomic E-state index is 0. The third-order valence-corrected chi connectivity index (χ3v) is 0.612. The van der Waals surface area contributed by atoms with E-state index in [1.54, 1.807) is 18.7 Å². The molecule has 2 heteroatoms. The Kier molecular flexibility index (Phi) is 58.7. The summed E-state index contributed by atoms with van der Waals surface area (Å²) >= 11 is 1.61. The molecule has 0 atom stereocenters. The number of rotatable bonds is 1. The van der Waals surface area contributed by atoms with Crippen molar-refractivity contribution in [3.05, 3.63) is 13.2 Å². The van der Waals surface area contributed by atoms with Crippen LogP contribution in [0.2, 0.25) is 0 Å². The summed E-state index contributed by atoms with van der Waals surface area (Å²) in [6.45, 7) is 7.08. The molecule has 0 nitrogen and oxygen atoms in total. The zero-order chi connectivity index (χ0) is 5.41. The van der Waals surface area contributed by atoms with Gasteiger partial charge in [0.1, 0.15) is 0 Å². The quantitative estimate of drug-likeness (QED) is 0.576. The van der Waals surface area contributed by atoms with E-state index in [4.69, 9.17) is 0 Å². The maximum Gasteiger partial charge on any atom is 0 e. The molecule has 43 valence electrons. The molecule has 7 heavy (non-hydrogen) atoms. The molecular formula is C5H12SY-2. The van der Waals surface area contributed by atoms with Crippen LogP contribution in [-0.2, 0) is 32.7 Å². The topological polar surface area (TPSA) is 0 Å². The van der Waals surface area contributed by atoms with Gasteiger partial charge in [0.2, 0.25) is 0 Å². The smallest absolute Gasteiger partial charge is 0 e. The van der Waals surface area contributed by atoms with Gasteiger partial charge in [0.25, 0.3) is 0 Å². The summed E-state index contributed by atoms with van der Waals surface area (Å²) in [5, 5.41) is 0. The standard InChI is InChI=1S/C3H7S.C2H5.Y/c1-3-4-2;1-2;/h2-3H2,1H3;1H2,2H3;/q2*-1;. The molecule has 0 bridgehead atoms. The normalized spacial score (nSPS) is 5.14. The second-order valence-electron chi connectivity index (χ2n) is 0.493. The van der Waals surface area contributed by atoms with E-state index in [1.165, 1.54) is 0 Å². The minimum Gasteiger partial charge on any atom is -0.354 e. The van der Waals surface area contributed by atoms with Gasteiger partial charge in [-0.1, -0.05) is 6.92 Å². The summed E-state index contributed by atoms with van der Waals surface area (Å²) in [7, 11) is 0. The molecule has 0 fully saturated rings. The van der Waals surface area contributed by atoms with E-state index >= 15 is 0 Å². The Balaban J connectivity index is -0.0000000480. The molecule has 0 amide bonds. The van der Waals surface area contributed by atoms with Crippen LogP contribution in [0.25, 0.3) is 0 Å². The van der Waals surface area contributed by atoms with Gasteiger partial charge in [-0.2, -0.15) is 6.92 Å². The van der Waals surface area contributed by atoms with Crippen LogP contribution < -0.4 is 0 Å². The predicted molar refractivity (Wildman–Crippen MR) is 34.5 cm³/mol. The SMILES string of the molecule is [CH2-]C.[CH2-]SCC.[Y]. The van der Waals surface area contributed by atoms with Crippen molar-refractivity contribution in [2.45, 2.75) is 13.8 Å². The van der Waals surface area contributed by atoms with Gasteiger partial charge in [0.05, 0.1) is 0 Å². The summed E-state index contributed by atoms with van der Waals surface area (Å²) in [6.07, 6.45) is 3.52. The van der Waals surface area contributed by atoms with Crippen molar-refractivity contribution in [2.75, 3.05) is 5.75 Å². The van der Waals surface area contributed by atoms with Crippen LogP contribution >= 0.6 is 11.8 Å². The van der Waals surface area contributed by atoms with Gasteiger partial charge in [0.15, 0.2) is 0 Å². The van der Waals surface area contributed by atoms with Crippen LogP contribution in [0.15, 0.2) is 0 Å². The fourth-order valence-electron chi connectivity index (χ4n) is 0. The molecule has 0 saturated carbocycles. The van der Waals surface area contributed by atoms with Crippen molar-refractivity contribution >= 4 is 11.8 Å². The Morgan fingerprint density at radius 3 is 1.57 bits per heavy atom. The molecule has 0 aromatic carbocycles. The molecule has 0 N–H and O–H groups in total. The number of hydrogen-bond donors (Lipinski definition) is 0. The van der Waals surface area contributed by atoms with E-state index in [2.05, 4.69) is 20.1 Å². The maximum absolute atomic E-state index is 3.52. The molecule has 0 aliphatic rings. The van der Waals surface area contributed by atoms with Crippen molar-refractivity contribution in [1.82, 2.24) is 0 Å². The molecule has 0 spiro atoms. The number of thioether (sulfide) groups is 1. The first-order valence-electron chi connectivity index (χ1n) is 1.99. The zero-order valence-electron chi connectivity index (χ0n) is 5.11. The van der Waals surface area contributed by atoms with Gasteiger partial charge in [-0.3, -0.25) is 6.26 Å². The van der Waals surface area contributed by atoms with Gasteiger partial charge in [0, 0.05) is 32.7 Å². The molecule has 0 rings (SSSR count). The molecule has 0 heterocycles. The van der Waals surface area contributed by atoms with E-state index in [-0.39, 0.29) is 32.7 Å². The zero-order valence-corrected chi connectivity index (χ0v) is 8.76. The first-order chi connectivity index (χ1) is 2.91. The minimum absolute atomic E-state index is 0. The first-order valence-corrected chi connectivity index (χ1v) is 3.15. The van der Waals surface area contributed by atoms with E-state index < -0.39 is 0 Å². The van der Waals surface area contributed by atoms with Gasteiger partial charge in [-0.15, -0.1) is 0 Å². The summed E-state index contributed by atoms with van der Waals surface area (Å²) < 4.78 is 0. The molecule has 0 aromatic rings. The average Bonchev–Trinajstić information content (AvgIpc) is 1.72. The van der Waals surface area contributed by atoms with E-state index in [9.17, 15) is 0 Å². The van der Waals surface area contributed by atoms with Gasteiger partial charge in [-0.05, 0) is 5.75 Å². The van der Waals surface area contributed by atoms with Gasteiger partial charge < -0.3 is 18.7 Å². The summed E-state index contributed by atoms with van der Waals surface area (Å²) in [5.74, 6) is 1.12. The Bertz CT molecular complexity index is 10.0. The van der Waals surface area contributed by atoms with Crippen LogP contribution in [0.1, 0.15) is 13.8 Å². The third-order valence-electron chi connectivity index (χ3n) is 0.204. The molecule has 1 radical (unpaired) electrons. The Hall–Kier alpha value is 1.45. The second kappa shape index (κ2) is 26.0. The van der Waals surface area contributed by atoms with E-state index in [0.717, 1.165) is 5.75 Å².